The molecule has 0 aliphatic carbocycles. The van der Waals surface area contributed by atoms with Crippen LogP contribution in [0.15, 0.2) is 30.3 Å². The Hall–Kier alpha value is -1.01. The van der Waals surface area contributed by atoms with Crippen LogP contribution in [0.5, 0.6) is 0 Å². The summed E-state index contributed by atoms with van der Waals surface area (Å²) in [5.74, 6) is -0.214. The monoisotopic (exact) mass is 264 g/mol. The number of aliphatic hydroxyl groups excluding tert-OH is 1. The van der Waals surface area contributed by atoms with E-state index in [2.05, 4.69) is 24.8 Å². The molecule has 6 heteroatoms. The average Bonchev–Trinajstić information content (AvgIpc) is 2.15. The van der Waals surface area contributed by atoms with Crippen LogP contribution >= 0.6 is 24.8 Å². The number of thiol groups is 1. The van der Waals surface area contributed by atoms with Gasteiger partial charge in [-0.25, -0.2) is 0 Å². The van der Waals surface area contributed by atoms with Gasteiger partial charge in [-0.2, -0.15) is 13.2 Å². The van der Waals surface area contributed by atoms with Crippen LogP contribution in [-0.4, -0.2) is 9.30 Å². The highest BCUT2D eigenvalue weighted by Gasteiger charge is 2.29. The molecule has 0 fully saturated rings. The quantitative estimate of drug-likeness (QED) is 0.366. The largest absolute Gasteiger partial charge is 0.507 e. The Bertz CT molecular complexity index is 421. The lowest BCUT2D eigenvalue weighted by Crippen LogP contribution is -2.04. The lowest BCUT2D eigenvalue weighted by atomic mass is 10.1. The lowest BCUT2D eigenvalue weighted by molar-refractivity contribution is -0.137. The van der Waals surface area contributed by atoms with Gasteiger partial charge in [0, 0.05) is 11.6 Å². The molecular formula is C10H7F3OS2. The highest BCUT2D eigenvalue weighted by Crippen LogP contribution is 2.29. The number of alkyl halides is 3. The summed E-state index contributed by atoms with van der Waals surface area (Å²) in [5, 5.41) is 9.43. The van der Waals surface area contributed by atoms with Gasteiger partial charge in [-0.1, -0.05) is 24.4 Å². The molecule has 0 saturated carbocycles. The predicted octanol–water partition coefficient (Wildman–Crippen LogP) is 3.86. The van der Waals surface area contributed by atoms with E-state index in [1.807, 2.05) is 0 Å². The van der Waals surface area contributed by atoms with Gasteiger partial charge in [-0.05, 0) is 12.1 Å². The first kappa shape index (κ1) is 13.1. The van der Waals surface area contributed by atoms with Crippen LogP contribution in [0, 0.1) is 0 Å². The minimum Gasteiger partial charge on any atom is -0.507 e. The molecule has 1 aromatic carbocycles. The molecule has 86 valence electrons. The molecule has 16 heavy (non-hydrogen) atoms. The number of halogens is 3. The standard InChI is InChI=1S/C10H7F3OS2/c11-10(12,13)7-3-1-6(2-4-7)8(14)5-9(15)16/h1-5,14H,(H,15,16). The second-order valence-corrected chi connectivity index (χ2v) is 4.17. The van der Waals surface area contributed by atoms with Gasteiger partial charge in [-0.15, -0.1) is 12.6 Å². The number of hydrogen-bond donors (Lipinski definition) is 2. The highest BCUT2D eigenvalue weighted by molar-refractivity contribution is 8.11. The van der Waals surface area contributed by atoms with Crippen molar-refractivity contribution in [1.29, 1.82) is 0 Å². The molecule has 0 aliphatic heterocycles. The third-order valence-electron chi connectivity index (χ3n) is 1.77. The number of thiocarbonyl (C=S) groups is 1. The van der Waals surface area contributed by atoms with E-state index in [9.17, 15) is 18.3 Å². The normalized spacial score (nSPS) is 12.6. The summed E-state index contributed by atoms with van der Waals surface area (Å²) >= 11 is 8.37. The van der Waals surface area contributed by atoms with E-state index < -0.39 is 11.7 Å². The van der Waals surface area contributed by atoms with Crippen molar-refractivity contribution in [2.75, 3.05) is 0 Å². The summed E-state index contributed by atoms with van der Waals surface area (Å²) < 4.78 is 36.8. The van der Waals surface area contributed by atoms with E-state index in [0.29, 0.717) is 0 Å². The first-order valence-corrected chi connectivity index (χ1v) is 4.97. The van der Waals surface area contributed by atoms with Crippen LogP contribution in [0.3, 0.4) is 0 Å². The summed E-state index contributed by atoms with van der Waals surface area (Å²) in [7, 11) is 0. The molecule has 0 spiro atoms. The average molecular weight is 264 g/mol. The van der Waals surface area contributed by atoms with E-state index in [4.69, 9.17) is 0 Å². The molecule has 1 aromatic rings. The Kier molecular flexibility index (Phi) is 3.98. The fourth-order valence-electron chi connectivity index (χ4n) is 1.03. The fraction of sp³-hybridized carbons (Fsp3) is 0.100. The molecule has 0 unspecified atom stereocenters. The van der Waals surface area contributed by atoms with E-state index in [0.717, 1.165) is 12.1 Å². The third kappa shape index (κ3) is 3.53. The van der Waals surface area contributed by atoms with Gasteiger partial charge >= 0.3 is 6.18 Å². The molecule has 0 saturated heterocycles. The zero-order chi connectivity index (χ0) is 12.3. The smallest absolute Gasteiger partial charge is 0.416 e. The molecular weight excluding hydrogens is 257 g/mol. The summed E-state index contributed by atoms with van der Waals surface area (Å²) in [4.78, 5) is 0. The predicted molar refractivity (Wildman–Crippen MR) is 63.6 cm³/mol. The van der Waals surface area contributed by atoms with Gasteiger partial charge in [-0.3, -0.25) is 0 Å². The molecule has 0 atom stereocenters. The first-order chi connectivity index (χ1) is 7.30. The molecule has 1 N–H and O–H groups in total. The van der Waals surface area contributed by atoms with Crippen LogP contribution in [0.4, 0.5) is 13.2 Å². The van der Waals surface area contributed by atoms with Crippen LogP contribution in [-0.2, 0) is 6.18 Å². The van der Waals surface area contributed by atoms with Gasteiger partial charge in [0.25, 0.3) is 0 Å². The Balaban J connectivity index is 3.00. The van der Waals surface area contributed by atoms with E-state index in [1.165, 1.54) is 18.2 Å². The molecule has 0 amide bonds. The molecule has 1 nitrogen and oxygen atoms in total. The Morgan fingerprint density at radius 3 is 2.12 bits per heavy atom. The summed E-state index contributed by atoms with van der Waals surface area (Å²) in [6.07, 6.45) is -3.20. The van der Waals surface area contributed by atoms with Crippen molar-refractivity contribution < 1.29 is 18.3 Å². The summed E-state index contributed by atoms with van der Waals surface area (Å²) in [5.41, 5.74) is -0.512. The van der Waals surface area contributed by atoms with Crippen molar-refractivity contribution in [1.82, 2.24) is 0 Å². The first-order valence-electron chi connectivity index (χ1n) is 4.12. The number of hydrogen-bond acceptors (Lipinski definition) is 2. The van der Waals surface area contributed by atoms with Crippen molar-refractivity contribution in [2.45, 2.75) is 6.18 Å². The van der Waals surface area contributed by atoms with Crippen LogP contribution in [0.2, 0.25) is 0 Å². The topological polar surface area (TPSA) is 20.2 Å². The zero-order valence-corrected chi connectivity index (χ0v) is 9.53. The SMILES string of the molecule is OC(=CC(=S)S)c1ccc(C(F)(F)F)cc1. The van der Waals surface area contributed by atoms with Crippen molar-refractivity contribution in [3.63, 3.8) is 0 Å². The van der Waals surface area contributed by atoms with Gasteiger partial charge in [0.15, 0.2) is 0 Å². The second kappa shape index (κ2) is 4.88. The van der Waals surface area contributed by atoms with Gasteiger partial charge < -0.3 is 5.11 Å². The Labute approximate surface area is 101 Å². The van der Waals surface area contributed by atoms with Crippen molar-refractivity contribution >= 4 is 34.8 Å². The molecule has 0 aliphatic rings. The minimum absolute atomic E-state index is 0.150. The maximum Gasteiger partial charge on any atom is 0.416 e. The molecule has 1 rings (SSSR count). The molecule has 0 bridgehead atoms. The van der Waals surface area contributed by atoms with Crippen molar-refractivity contribution in [3.05, 3.63) is 41.5 Å². The van der Waals surface area contributed by atoms with Crippen LogP contribution in [0.1, 0.15) is 11.1 Å². The number of aliphatic hydroxyl groups is 1. The Morgan fingerprint density at radius 1 is 1.25 bits per heavy atom. The van der Waals surface area contributed by atoms with Crippen LogP contribution in [0.25, 0.3) is 5.76 Å². The van der Waals surface area contributed by atoms with Gasteiger partial charge in [0.05, 0.1) is 9.76 Å². The van der Waals surface area contributed by atoms with Crippen molar-refractivity contribution in [2.24, 2.45) is 0 Å². The molecule has 0 radical (unpaired) electrons. The fourth-order valence-corrected chi connectivity index (χ4v) is 1.26. The lowest BCUT2D eigenvalue weighted by Gasteiger charge is -2.07. The highest BCUT2D eigenvalue weighted by atomic mass is 32.1. The minimum atomic E-state index is -4.38. The van der Waals surface area contributed by atoms with E-state index in [-0.39, 0.29) is 15.5 Å². The van der Waals surface area contributed by atoms with Crippen LogP contribution < -0.4 is 0 Å². The summed E-state index contributed by atoms with van der Waals surface area (Å²) in [6.45, 7) is 0. The number of benzene rings is 1. The third-order valence-corrected chi connectivity index (χ3v) is 2.02. The second-order valence-electron chi connectivity index (χ2n) is 2.94. The Morgan fingerprint density at radius 2 is 1.75 bits per heavy atom. The molecule has 0 heterocycles. The van der Waals surface area contributed by atoms with Gasteiger partial charge in [0.2, 0.25) is 0 Å². The summed E-state index contributed by atoms with van der Waals surface area (Å²) in [6, 6.07) is 4.11. The van der Waals surface area contributed by atoms with E-state index >= 15 is 0 Å². The molecule has 0 aromatic heterocycles. The maximum absolute atomic E-state index is 12.2. The number of rotatable bonds is 2. The van der Waals surface area contributed by atoms with Gasteiger partial charge in [0.1, 0.15) is 5.76 Å². The maximum atomic E-state index is 12.2. The van der Waals surface area contributed by atoms with E-state index in [1.54, 1.807) is 0 Å². The van der Waals surface area contributed by atoms with Crippen molar-refractivity contribution in [3.8, 4) is 0 Å². The zero-order valence-electron chi connectivity index (χ0n) is 7.82.